The Morgan fingerprint density at radius 3 is 2.54 bits per heavy atom. The van der Waals surface area contributed by atoms with E-state index in [0.717, 1.165) is 11.3 Å². The van der Waals surface area contributed by atoms with Crippen LogP contribution in [0.2, 0.25) is 10.0 Å². The van der Waals surface area contributed by atoms with E-state index in [4.69, 9.17) is 27.9 Å². The number of methoxy groups -OCH3 is 1. The fraction of sp³-hybridized carbons (Fsp3) is 0.227. The molecule has 0 N–H and O–H groups in total. The van der Waals surface area contributed by atoms with Crippen molar-refractivity contribution in [2.45, 2.75) is 13.1 Å². The van der Waals surface area contributed by atoms with Crippen molar-refractivity contribution in [3.8, 4) is 0 Å². The molecule has 2 aromatic carbocycles. The summed E-state index contributed by atoms with van der Waals surface area (Å²) in [6.45, 7) is 2.14. The molecule has 1 heterocycles. The number of aromatic nitrogens is 1. The van der Waals surface area contributed by atoms with Gasteiger partial charge in [-0.1, -0.05) is 35.3 Å². The number of benzene rings is 2. The van der Waals surface area contributed by atoms with E-state index in [2.05, 4.69) is 4.57 Å². The second kappa shape index (κ2) is 9.78. The van der Waals surface area contributed by atoms with Crippen LogP contribution in [-0.4, -0.2) is 35.6 Å². The van der Waals surface area contributed by atoms with Gasteiger partial charge in [0.25, 0.3) is 5.91 Å². The van der Waals surface area contributed by atoms with Crippen molar-refractivity contribution in [3.63, 3.8) is 0 Å². The van der Waals surface area contributed by atoms with Gasteiger partial charge in [-0.3, -0.25) is 4.79 Å². The zero-order chi connectivity index (χ0) is 19.9. The number of carbonyl (C=O) groups is 1. The third-order valence-corrected chi connectivity index (χ3v) is 4.95. The Balaban J connectivity index is 1.78. The van der Waals surface area contributed by atoms with Crippen LogP contribution in [0.5, 0.6) is 0 Å². The minimum absolute atomic E-state index is 0.0516. The summed E-state index contributed by atoms with van der Waals surface area (Å²) < 4.78 is 7.32. The van der Waals surface area contributed by atoms with Gasteiger partial charge >= 0.3 is 0 Å². The molecule has 6 heteroatoms. The van der Waals surface area contributed by atoms with Crippen molar-refractivity contribution in [2.24, 2.45) is 0 Å². The molecule has 0 atom stereocenters. The number of carbonyl (C=O) groups excluding carboxylic acids is 1. The minimum atomic E-state index is -0.0516. The van der Waals surface area contributed by atoms with Gasteiger partial charge in [0.15, 0.2) is 0 Å². The average molecular weight is 417 g/mol. The number of amides is 1. The first-order chi connectivity index (χ1) is 13.6. The van der Waals surface area contributed by atoms with Crippen LogP contribution in [0.25, 0.3) is 0 Å². The first kappa shape index (κ1) is 20.5. The Kier molecular flexibility index (Phi) is 7.15. The Bertz CT molecular complexity index is 922. The van der Waals surface area contributed by atoms with E-state index >= 15 is 0 Å². The highest BCUT2D eigenvalue weighted by atomic mass is 35.5. The number of ether oxygens (including phenoxy) is 1. The normalized spacial score (nSPS) is 10.8. The molecule has 0 fully saturated rings. The zero-order valence-corrected chi connectivity index (χ0v) is 17.2. The molecule has 0 saturated heterocycles. The first-order valence-electron chi connectivity index (χ1n) is 8.99. The van der Waals surface area contributed by atoms with E-state index in [1.54, 1.807) is 36.3 Å². The predicted molar refractivity (Wildman–Crippen MR) is 113 cm³/mol. The molecule has 3 aromatic rings. The lowest BCUT2D eigenvalue weighted by Crippen LogP contribution is -2.34. The SMILES string of the molecule is COCCN(Cc1cccn1Cc1cccc(Cl)c1)C(=O)c1ccc(Cl)cc1. The highest BCUT2D eigenvalue weighted by Crippen LogP contribution is 2.17. The largest absolute Gasteiger partial charge is 0.383 e. The third-order valence-electron chi connectivity index (χ3n) is 4.46. The van der Waals surface area contributed by atoms with Crippen molar-refractivity contribution in [1.82, 2.24) is 9.47 Å². The molecule has 28 heavy (non-hydrogen) atoms. The van der Waals surface area contributed by atoms with Crippen molar-refractivity contribution in [1.29, 1.82) is 0 Å². The minimum Gasteiger partial charge on any atom is -0.383 e. The second-order valence-electron chi connectivity index (χ2n) is 6.48. The molecule has 0 bridgehead atoms. The summed E-state index contributed by atoms with van der Waals surface area (Å²) in [6, 6.07) is 18.8. The molecule has 3 rings (SSSR count). The zero-order valence-electron chi connectivity index (χ0n) is 15.6. The first-order valence-corrected chi connectivity index (χ1v) is 9.74. The fourth-order valence-corrected chi connectivity index (χ4v) is 3.34. The van der Waals surface area contributed by atoms with Crippen LogP contribution < -0.4 is 0 Å². The van der Waals surface area contributed by atoms with Gasteiger partial charge in [-0.25, -0.2) is 0 Å². The molecular formula is C22H22Cl2N2O2. The number of halogens is 2. The monoisotopic (exact) mass is 416 g/mol. The highest BCUT2D eigenvalue weighted by molar-refractivity contribution is 6.30. The van der Waals surface area contributed by atoms with Crippen LogP contribution in [0.1, 0.15) is 21.6 Å². The van der Waals surface area contributed by atoms with E-state index < -0.39 is 0 Å². The lowest BCUT2D eigenvalue weighted by Gasteiger charge is -2.23. The van der Waals surface area contributed by atoms with Gasteiger partial charge in [-0.15, -0.1) is 0 Å². The van der Waals surface area contributed by atoms with Crippen LogP contribution in [0.3, 0.4) is 0 Å². The Hall–Kier alpha value is -2.27. The molecule has 146 valence electrons. The average Bonchev–Trinajstić information content (AvgIpc) is 3.12. The molecule has 0 radical (unpaired) electrons. The van der Waals surface area contributed by atoms with E-state index in [1.807, 2.05) is 42.6 Å². The molecule has 0 aliphatic rings. The second-order valence-corrected chi connectivity index (χ2v) is 7.36. The van der Waals surface area contributed by atoms with Gasteiger partial charge in [0, 0.05) is 47.7 Å². The molecule has 0 aliphatic heterocycles. The summed E-state index contributed by atoms with van der Waals surface area (Å²) in [5.74, 6) is -0.0516. The molecule has 0 unspecified atom stereocenters. The van der Waals surface area contributed by atoms with Crippen LogP contribution in [0.15, 0.2) is 66.9 Å². The van der Waals surface area contributed by atoms with Gasteiger partial charge < -0.3 is 14.2 Å². The predicted octanol–water partition coefficient (Wildman–Crippen LogP) is 5.13. The molecule has 4 nitrogen and oxygen atoms in total. The van der Waals surface area contributed by atoms with Gasteiger partial charge in [-0.05, 0) is 54.1 Å². The number of hydrogen-bond acceptors (Lipinski definition) is 2. The van der Waals surface area contributed by atoms with Gasteiger partial charge in [0.1, 0.15) is 0 Å². The summed E-state index contributed by atoms with van der Waals surface area (Å²) in [6.07, 6.45) is 2.01. The van der Waals surface area contributed by atoms with Crippen molar-refractivity contribution < 1.29 is 9.53 Å². The molecule has 0 saturated carbocycles. The van der Waals surface area contributed by atoms with Gasteiger partial charge in [0.2, 0.25) is 0 Å². The maximum absolute atomic E-state index is 13.0. The Labute approximate surface area is 175 Å². The summed E-state index contributed by atoms with van der Waals surface area (Å²) in [4.78, 5) is 14.8. The fourth-order valence-electron chi connectivity index (χ4n) is 3.00. The van der Waals surface area contributed by atoms with Crippen LogP contribution in [0.4, 0.5) is 0 Å². The van der Waals surface area contributed by atoms with E-state index in [1.165, 1.54) is 0 Å². The van der Waals surface area contributed by atoms with Crippen LogP contribution >= 0.6 is 23.2 Å². The molecule has 0 aliphatic carbocycles. The quantitative estimate of drug-likeness (QED) is 0.509. The number of rotatable bonds is 8. The lowest BCUT2D eigenvalue weighted by molar-refractivity contribution is 0.0676. The number of nitrogens with zero attached hydrogens (tertiary/aromatic N) is 2. The molecule has 0 spiro atoms. The van der Waals surface area contributed by atoms with E-state index in [9.17, 15) is 4.79 Å². The number of hydrogen-bond donors (Lipinski definition) is 0. The van der Waals surface area contributed by atoms with Crippen LogP contribution in [0, 0.1) is 0 Å². The van der Waals surface area contributed by atoms with Gasteiger partial charge in [0.05, 0.1) is 13.2 Å². The van der Waals surface area contributed by atoms with Crippen molar-refractivity contribution in [2.75, 3.05) is 20.3 Å². The van der Waals surface area contributed by atoms with Crippen LogP contribution in [-0.2, 0) is 17.8 Å². The van der Waals surface area contributed by atoms with Crippen molar-refractivity contribution >= 4 is 29.1 Å². The molecule has 1 amide bonds. The summed E-state index contributed by atoms with van der Waals surface area (Å²) in [5, 5.41) is 1.32. The third kappa shape index (κ3) is 5.38. The highest BCUT2D eigenvalue weighted by Gasteiger charge is 2.17. The standard InChI is InChI=1S/C22H22Cl2N2O2/c1-28-13-12-26(22(27)18-7-9-19(23)10-8-18)16-21-6-3-11-25(21)15-17-4-2-5-20(24)14-17/h2-11,14H,12-13,15-16H2,1H3. The van der Waals surface area contributed by atoms with E-state index in [-0.39, 0.29) is 5.91 Å². The maximum atomic E-state index is 13.0. The Morgan fingerprint density at radius 1 is 1.04 bits per heavy atom. The maximum Gasteiger partial charge on any atom is 0.254 e. The van der Waals surface area contributed by atoms with Gasteiger partial charge in [-0.2, -0.15) is 0 Å². The van der Waals surface area contributed by atoms with E-state index in [0.29, 0.717) is 41.8 Å². The summed E-state index contributed by atoms with van der Waals surface area (Å²) >= 11 is 12.0. The smallest absolute Gasteiger partial charge is 0.254 e. The summed E-state index contributed by atoms with van der Waals surface area (Å²) in [5.41, 5.74) is 2.75. The topological polar surface area (TPSA) is 34.5 Å². The Morgan fingerprint density at radius 2 is 1.82 bits per heavy atom. The summed E-state index contributed by atoms with van der Waals surface area (Å²) in [7, 11) is 1.63. The van der Waals surface area contributed by atoms with Crippen molar-refractivity contribution in [3.05, 3.63) is 93.7 Å². The lowest BCUT2D eigenvalue weighted by atomic mass is 10.2. The molecule has 1 aromatic heterocycles. The molecular weight excluding hydrogens is 395 g/mol.